The molecular formula is C13H21BrN2S. The van der Waals surface area contributed by atoms with Crippen molar-refractivity contribution in [1.82, 2.24) is 10.3 Å². The lowest BCUT2D eigenvalue weighted by molar-refractivity contribution is 0.379. The summed E-state index contributed by atoms with van der Waals surface area (Å²) < 4.78 is 1.08. The van der Waals surface area contributed by atoms with Gasteiger partial charge in [0.05, 0.1) is 0 Å². The highest BCUT2D eigenvalue weighted by atomic mass is 79.9. The molecule has 0 saturated carbocycles. The van der Waals surface area contributed by atoms with Gasteiger partial charge in [-0.15, -0.1) is 11.8 Å². The number of thioether (sulfide) groups is 1. The fraction of sp³-hybridized carbons (Fsp3) is 0.615. The Morgan fingerprint density at radius 1 is 1.53 bits per heavy atom. The molecule has 0 aliphatic heterocycles. The highest BCUT2D eigenvalue weighted by Crippen LogP contribution is 2.28. The molecule has 0 radical (unpaired) electrons. The van der Waals surface area contributed by atoms with Crippen LogP contribution in [0, 0.1) is 0 Å². The third-order valence-electron chi connectivity index (χ3n) is 2.79. The maximum atomic E-state index is 4.37. The van der Waals surface area contributed by atoms with Crippen molar-refractivity contribution in [2.24, 2.45) is 0 Å². The Balaban J connectivity index is 2.45. The van der Waals surface area contributed by atoms with Gasteiger partial charge in [0.2, 0.25) is 0 Å². The summed E-state index contributed by atoms with van der Waals surface area (Å²) >= 11 is 5.33. The summed E-state index contributed by atoms with van der Waals surface area (Å²) in [7, 11) is 0. The van der Waals surface area contributed by atoms with Crippen LogP contribution in [0.25, 0.3) is 0 Å². The average molecular weight is 317 g/mol. The average Bonchev–Trinajstić information content (AvgIpc) is 2.30. The Bertz CT molecular complexity index is 355. The zero-order valence-electron chi connectivity index (χ0n) is 11.0. The van der Waals surface area contributed by atoms with Crippen molar-refractivity contribution >= 4 is 27.7 Å². The van der Waals surface area contributed by atoms with Crippen LogP contribution in [0.4, 0.5) is 0 Å². The van der Waals surface area contributed by atoms with Crippen LogP contribution in [0.15, 0.2) is 27.8 Å². The third kappa shape index (κ3) is 5.40. The van der Waals surface area contributed by atoms with Gasteiger partial charge in [0.1, 0.15) is 5.03 Å². The van der Waals surface area contributed by atoms with Gasteiger partial charge in [-0.2, -0.15) is 0 Å². The van der Waals surface area contributed by atoms with Gasteiger partial charge in [0, 0.05) is 28.0 Å². The molecule has 0 amide bonds. The van der Waals surface area contributed by atoms with Gasteiger partial charge in [-0.1, -0.05) is 13.8 Å². The predicted molar refractivity (Wildman–Crippen MR) is 79.6 cm³/mol. The van der Waals surface area contributed by atoms with Crippen molar-refractivity contribution in [3.05, 3.63) is 22.8 Å². The van der Waals surface area contributed by atoms with Crippen LogP contribution in [0.2, 0.25) is 0 Å². The number of rotatable bonds is 6. The van der Waals surface area contributed by atoms with E-state index in [0.29, 0.717) is 5.25 Å². The lowest BCUT2D eigenvalue weighted by Crippen LogP contribution is -2.41. The number of hydrogen-bond acceptors (Lipinski definition) is 3. The Hall–Kier alpha value is -0.0600. The molecular weight excluding hydrogens is 296 g/mol. The van der Waals surface area contributed by atoms with E-state index in [-0.39, 0.29) is 5.54 Å². The van der Waals surface area contributed by atoms with Crippen LogP contribution >= 0.6 is 27.7 Å². The summed E-state index contributed by atoms with van der Waals surface area (Å²) in [6.07, 6.45) is 2.97. The molecule has 1 heterocycles. The maximum absolute atomic E-state index is 4.37. The van der Waals surface area contributed by atoms with Gasteiger partial charge >= 0.3 is 0 Å². The van der Waals surface area contributed by atoms with E-state index in [9.17, 15) is 0 Å². The lowest BCUT2D eigenvalue weighted by atomic mass is 10.0. The van der Waals surface area contributed by atoms with E-state index >= 15 is 0 Å². The molecule has 17 heavy (non-hydrogen) atoms. The highest BCUT2D eigenvalue weighted by Gasteiger charge is 2.16. The molecule has 0 aliphatic carbocycles. The molecule has 0 aromatic carbocycles. The first-order valence-electron chi connectivity index (χ1n) is 5.97. The molecule has 96 valence electrons. The minimum atomic E-state index is 0.218. The second-order valence-electron chi connectivity index (χ2n) is 4.84. The zero-order chi connectivity index (χ0) is 12.9. The van der Waals surface area contributed by atoms with Gasteiger partial charge in [-0.3, -0.25) is 0 Å². The molecule has 1 N–H and O–H groups in total. The van der Waals surface area contributed by atoms with Gasteiger partial charge < -0.3 is 5.32 Å². The van der Waals surface area contributed by atoms with Gasteiger partial charge in [0.15, 0.2) is 0 Å². The fourth-order valence-electron chi connectivity index (χ4n) is 1.24. The monoisotopic (exact) mass is 316 g/mol. The van der Waals surface area contributed by atoms with E-state index in [0.717, 1.165) is 22.5 Å². The van der Waals surface area contributed by atoms with Crippen molar-refractivity contribution in [3.8, 4) is 0 Å². The van der Waals surface area contributed by atoms with E-state index in [1.54, 1.807) is 11.8 Å². The van der Waals surface area contributed by atoms with Gasteiger partial charge in [-0.25, -0.2) is 4.98 Å². The summed E-state index contributed by atoms with van der Waals surface area (Å²) in [5.41, 5.74) is 0.218. The molecule has 1 aromatic rings. The first-order chi connectivity index (χ1) is 7.94. The van der Waals surface area contributed by atoms with Gasteiger partial charge in [-0.05, 0) is 48.3 Å². The van der Waals surface area contributed by atoms with Crippen LogP contribution in [-0.2, 0) is 0 Å². The summed E-state index contributed by atoms with van der Waals surface area (Å²) in [6, 6.07) is 3.97. The number of nitrogens with zero attached hydrogens (tertiary/aromatic N) is 1. The molecule has 0 spiro atoms. The van der Waals surface area contributed by atoms with Crippen molar-refractivity contribution in [2.45, 2.75) is 49.9 Å². The summed E-state index contributed by atoms with van der Waals surface area (Å²) in [6.45, 7) is 9.90. The molecule has 2 nitrogen and oxygen atoms in total. The fourth-order valence-corrected chi connectivity index (χ4v) is 2.62. The molecule has 1 atom stereocenters. The standard InChI is InChI=1S/C13H21BrN2S/c1-5-13(3,4)16-9-10(2)17-12-11(14)7-6-8-15-12/h6-8,10,16H,5,9H2,1-4H3. The van der Waals surface area contributed by atoms with Crippen molar-refractivity contribution in [2.75, 3.05) is 6.54 Å². The number of halogens is 1. The van der Waals surface area contributed by atoms with Crippen LogP contribution in [0.1, 0.15) is 34.1 Å². The number of aromatic nitrogens is 1. The molecule has 0 aliphatic rings. The smallest absolute Gasteiger partial charge is 0.110 e. The van der Waals surface area contributed by atoms with E-state index in [4.69, 9.17) is 0 Å². The summed E-state index contributed by atoms with van der Waals surface area (Å²) in [4.78, 5) is 4.37. The van der Waals surface area contributed by atoms with Crippen molar-refractivity contribution in [1.29, 1.82) is 0 Å². The van der Waals surface area contributed by atoms with Crippen molar-refractivity contribution in [3.63, 3.8) is 0 Å². The number of nitrogens with one attached hydrogen (secondary N) is 1. The number of pyridine rings is 1. The topological polar surface area (TPSA) is 24.9 Å². The molecule has 0 bridgehead atoms. The maximum Gasteiger partial charge on any atom is 0.110 e. The summed E-state index contributed by atoms with van der Waals surface area (Å²) in [5.74, 6) is 0. The van der Waals surface area contributed by atoms with Crippen LogP contribution in [0.3, 0.4) is 0 Å². The van der Waals surface area contributed by atoms with E-state index in [1.807, 2.05) is 18.3 Å². The minimum Gasteiger partial charge on any atom is -0.311 e. The second kappa shape index (κ2) is 6.76. The first kappa shape index (κ1) is 15.0. The van der Waals surface area contributed by atoms with Crippen molar-refractivity contribution < 1.29 is 0 Å². The molecule has 4 heteroatoms. The molecule has 0 saturated heterocycles. The van der Waals surface area contributed by atoms with Crippen LogP contribution in [-0.4, -0.2) is 22.3 Å². The van der Waals surface area contributed by atoms with Crippen LogP contribution < -0.4 is 5.32 Å². The Morgan fingerprint density at radius 2 is 2.24 bits per heavy atom. The van der Waals surface area contributed by atoms with Gasteiger partial charge in [0.25, 0.3) is 0 Å². The molecule has 1 unspecified atom stereocenters. The lowest BCUT2D eigenvalue weighted by Gasteiger charge is -2.26. The SMILES string of the molecule is CCC(C)(C)NCC(C)Sc1ncccc1Br. The molecule has 1 aromatic heterocycles. The predicted octanol–water partition coefficient (Wildman–Crippen LogP) is 4.10. The molecule has 0 fully saturated rings. The minimum absolute atomic E-state index is 0.218. The van der Waals surface area contributed by atoms with Crippen LogP contribution in [0.5, 0.6) is 0 Å². The third-order valence-corrected chi connectivity index (χ3v) is 4.81. The largest absolute Gasteiger partial charge is 0.311 e. The van der Waals surface area contributed by atoms with E-state index in [1.165, 1.54) is 0 Å². The number of hydrogen-bond donors (Lipinski definition) is 1. The Labute approximate surface area is 117 Å². The molecule has 1 rings (SSSR count). The van der Waals surface area contributed by atoms with E-state index < -0.39 is 0 Å². The Kier molecular flexibility index (Phi) is 5.97. The van der Waals surface area contributed by atoms with E-state index in [2.05, 4.69) is 53.9 Å². The Morgan fingerprint density at radius 3 is 2.82 bits per heavy atom. The highest BCUT2D eigenvalue weighted by molar-refractivity contribution is 9.10. The zero-order valence-corrected chi connectivity index (χ0v) is 13.4. The quantitative estimate of drug-likeness (QED) is 0.800. The first-order valence-corrected chi connectivity index (χ1v) is 7.64. The second-order valence-corrected chi connectivity index (χ2v) is 7.12. The summed E-state index contributed by atoms with van der Waals surface area (Å²) in [5, 5.41) is 5.16. The normalized spacial score (nSPS) is 13.7.